The third kappa shape index (κ3) is 19.5. The normalized spacial score (nSPS) is 41.6. The Hall–Kier alpha value is -4.96. The van der Waals surface area contributed by atoms with Crippen molar-refractivity contribution in [1.82, 2.24) is 10.2 Å². The quantitative estimate of drug-likeness (QED) is 0.159. The van der Waals surface area contributed by atoms with Crippen molar-refractivity contribution in [3.63, 3.8) is 0 Å². The Bertz CT molecular complexity index is 2140. The Morgan fingerprint density at radius 1 is 0.658 bits per heavy atom. The summed E-state index contributed by atoms with van der Waals surface area (Å²) in [6, 6.07) is -3.67. The second kappa shape index (κ2) is 30.3. The molecule has 4 aliphatic heterocycles. The molecule has 0 aromatic heterocycles. The van der Waals surface area contributed by atoms with Crippen LogP contribution in [0.2, 0.25) is 0 Å². The van der Waals surface area contributed by atoms with Gasteiger partial charge in [-0.1, -0.05) is 98.9 Å². The molecule has 0 saturated carbocycles. The molecule has 4 aliphatic rings. The topological polar surface area (TPSA) is 389 Å². The van der Waals surface area contributed by atoms with E-state index in [1.54, 1.807) is 92.8 Å². The molecule has 0 spiro atoms. The van der Waals surface area contributed by atoms with E-state index in [0.717, 1.165) is 4.90 Å². The number of ether oxygens (including phenoxy) is 4. The van der Waals surface area contributed by atoms with E-state index in [2.05, 4.69) is 5.32 Å². The fourth-order valence-electron chi connectivity index (χ4n) is 9.23. The molecule has 19 atom stereocenters. The van der Waals surface area contributed by atoms with E-state index in [-0.39, 0.29) is 31.6 Å². The summed E-state index contributed by atoms with van der Waals surface area (Å²) in [5.41, 5.74) is 5.02. The predicted molar refractivity (Wildman–Crippen MR) is 272 cm³/mol. The van der Waals surface area contributed by atoms with Gasteiger partial charge >= 0.3 is 23.9 Å². The van der Waals surface area contributed by atoms with Gasteiger partial charge in [0.25, 0.3) is 0 Å². The van der Waals surface area contributed by atoms with Gasteiger partial charge in [-0.05, 0) is 33.1 Å². The number of hydrogen-bond acceptors (Lipinski definition) is 19. The highest BCUT2D eigenvalue weighted by atomic mass is 16.7. The van der Waals surface area contributed by atoms with Crippen LogP contribution in [-0.2, 0) is 33.3 Å². The second-order valence-corrected chi connectivity index (χ2v) is 20.1. The number of esters is 1. The zero-order chi connectivity index (χ0) is 56.4. The van der Waals surface area contributed by atoms with Crippen molar-refractivity contribution < 1.29 is 99.4 Å². The van der Waals surface area contributed by atoms with Gasteiger partial charge in [0.15, 0.2) is 12.1 Å². The number of amides is 2. The van der Waals surface area contributed by atoms with Crippen LogP contribution < -0.4 is 11.1 Å². The Balaban J connectivity index is 1.64. The van der Waals surface area contributed by atoms with Crippen molar-refractivity contribution in [2.75, 3.05) is 13.1 Å². The minimum Gasteiger partial charge on any atom is -0.478 e. The number of nitrogens with one attached hydrogen (secondary N) is 1. The van der Waals surface area contributed by atoms with Crippen molar-refractivity contribution in [2.45, 2.75) is 183 Å². The Labute approximate surface area is 441 Å². The summed E-state index contributed by atoms with van der Waals surface area (Å²) in [7, 11) is 0. The van der Waals surface area contributed by atoms with E-state index in [0.29, 0.717) is 0 Å². The summed E-state index contributed by atoms with van der Waals surface area (Å²) in [5, 5.41) is 132. The number of aliphatic carboxylic acids is 2. The summed E-state index contributed by atoms with van der Waals surface area (Å²) < 4.78 is 23.7. The smallest absolute Gasteiger partial charge is 0.334 e. The van der Waals surface area contributed by atoms with E-state index in [4.69, 9.17) is 24.7 Å². The zero-order valence-corrected chi connectivity index (χ0v) is 43.2. The minimum absolute atomic E-state index is 0.150. The Morgan fingerprint density at radius 2 is 1.21 bits per heavy atom. The van der Waals surface area contributed by atoms with Gasteiger partial charge in [-0.25, -0.2) is 14.4 Å². The number of cyclic esters (lactones) is 1. The molecule has 0 radical (unpaired) electrons. The first-order valence-electron chi connectivity index (χ1n) is 25.5. The average Bonchev–Trinajstić information content (AvgIpc) is 3.81. The standard InChI is InChI=1S/C53H79N3O20/c1-29-17-15-13-11-9-7-5-6-8-10-12-14-16-18-36(75-51-48(66)44(54)47(65)32(4)74-51)24-42-45(55-52(71)56-27-37(49(67)68)38(28-56)50(69)70)41(62)26-53(72,76-42)25-35(59)22-40(61)39(60)20-19-33(57)21-34(58)23-43(63)73-31(3)30(2)46(29)64/h5-18,29-36,39-42,44-48,51,57-62,64-66,72H,19-28,54H2,1-4H3,(H,55,71)(H,67,68)(H,69,70)/b6-5+,9-7+,10-8+,13-11+,14-12+,17-15+,18-16+/t29-,30-,31-,32+,33+,34+,35-,36-,39+,40+,41-,42-,44-,45+,46+,47+,48-,51-,53+/m0/s1. The lowest BCUT2D eigenvalue weighted by Crippen LogP contribution is -2.64. The van der Waals surface area contributed by atoms with Crippen LogP contribution in [0.25, 0.3) is 0 Å². The lowest BCUT2D eigenvalue weighted by Gasteiger charge is -2.47. The number of carbonyl (C=O) groups is 4. The fourth-order valence-corrected chi connectivity index (χ4v) is 9.23. The molecule has 76 heavy (non-hydrogen) atoms. The molecule has 0 aromatic rings. The number of aliphatic hydroxyl groups excluding tert-OH is 9. The highest BCUT2D eigenvalue weighted by molar-refractivity contribution is 6.01. The number of nitrogens with two attached hydrogens (primary N) is 1. The highest BCUT2D eigenvalue weighted by Crippen LogP contribution is 2.36. The minimum atomic E-state index is -2.41. The average molecular weight is 1080 g/mol. The largest absolute Gasteiger partial charge is 0.478 e. The third-order valence-electron chi connectivity index (χ3n) is 13.9. The second-order valence-electron chi connectivity index (χ2n) is 20.1. The van der Waals surface area contributed by atoms with Gasteiger partial charge in [0, 0.05) is 37.5 Å². The van der Waals surface area contributed by atoms with Crippen LogP contribution in [0, 0.1) is 11.8 Å². The van der Waals surface area contributed by atoms with Crippen LogP contribution in [0.5, 0.6) is 0 Å². The molecule has 15 N–H and O–H groups in total. The number of carbonyl (C=O) groups excluding carboxylic acids is 2. The number of rotatable bonds is 5. The van der Waals surface area contributed by atoms with Crippen molar-refractivity contribution in [1.29, 1.82) is 0 Å². The van der Waals surface area contributed by atoms with Gasteiger partial charge in [0.2, 0.25) is 0 Å². The maximum Gasteiger partial charge on any atom is 0.334 e. The Morgan fingerprint density at radius 3 is 1.78 bits per heavy atom. The number of carboxylic acids is 2. The summed E-state index contributed by atoms with van der Waals surface area (Å²) in [4.78, 5) is 51.1. The first-order chi connectivity index (χ1) is 35.8. The van der Waals surface area contributed by atoms with Gasteiger partial charge in [-0.3, -0.25) is 4.79 Å². The highest BCUT2D eigenvalue weighted by Gasteiger charge is 2.50. The molecule has 0 unspecified atom stereocenters. The molecule has 2 fully saturated rings. The molecule has 0 aromatic carbocycles. The molecule has 2 bridgehead atoms. The molecule has 2 saturated heterocycles. The summed E-state index contributed by atoms with van der Waals surface area (Å²) in [6.45, 7) is 5.46. The van der Waals surface area contributed by atoms with E-state index in [1.165, 1.54) is 13.0 Å². The first kappa shape index (κ1) is 63.6. The monoisotopic (exact) mass is 1080 g/mol. The van der Waals surface area contributed by atoms with Crippen LogP contribution in [0.4, 0.5) is 4.79 Å². The molecule has 0 aliphatic carbocycles. The summed E-state index contributed by atoms with van der Waals surface area (Å²) in [6.07, 6.45) is 2.15. The maximum absolute atomic E-state index is 13.8. The van der Waals surface area contributed by atoms with Gasteiger partial charge in [-0.15, -0.1) is 0 Å². The van der Waals surface area contributed by atoms with Crippen LogP contribution in [0.1, 0.15) is 79.1 Å². The number of allylic oxidation sites excluding steroid dienone is 12. The van der Waals surface area contributed by atoms with E-state index < -0.39 is 183 Å². The number of nitrogens with zero attached hydrogens (tertiary/aromatic N) is 1. The lowest BCUT2D eigenvalue weighted by atomic mass is 9.87. The fraction of sp³-hybridized carbons (Fsp3) is 0.623. The van der Waals surface area contributed by atoms with E-state index in [9.17, 15) is 80.5 Å². The molecule has 4 heterocycles. The zero-order valence-electron chi connectivity index (χ0n) is 43.2. The van der Waals surface area contributed by atoms with Crippen molar-refractivity contribution >= 4 is 23.9 Å². The molecule has 4 rings (SSSR count). The van der Waals surface area contributed by atoms with Gasteiger partial charge in [0.05, 0.1) is 110 Å². The van der Waals surface area contributed by atoms with Gasteiger partial charge in [-0.2, -0.15) is 0 Å². The third-order valence-corrected chi connectivity index (χ3v) is 13.9. The SMILES string of the molecule is C[C@@H]1[C@H](O)[C@@H](C)/C=C/C=C/C=C/C=C/C=C/C=C/C=C/[C@H](O[C@@H]2O[C@H](C)[C@@H](O)[C@H](N)[C@@H]2O)C[C@@H]2O[C@](O)(C[C@@H](O)C[C@@H](O)[C@H](O)CC[C@@H](O)C[C@@H](O)CC(=O)O[C@H]1C)C[C@H](O)[C@H]2NC(=O)N1CC(C(=O)O)=C(C(=O)O)C1. The number of carboxylic acid groups (broad SMARTS) is 2. The van der Waals surface area contributed by atoms with Crippen LogP contribution in [0.15, 0.2) is 96.2 Å². The molecule has 23 heteroatoms. The number of urea groups is 1. The number of hydrogen-bond donors (Lipinski definition) is 14. The predicted octanol–water partition coefficient (Wildman–Crippen LogP) is -0.129. The van der Waals surface area contributed by atoms with E-state index >= 15 is 0 Å². The maximum atomic E-state index is 13.8. The van der Waals surface area contributed by atoms with Crippen molar-refractivity contribution in [2.24, 2.45) is 17.6 Å². The molecule has 23 nitrogen and oxygen atoms in total. The first-order valence-corrected chi connectivity index (χ1v) is 25.5. The van der Waals surface area contributed by atoms with Crippen LogP contribution in [0.3, 0.4) is 0 Å². The summed E-state index contributed by atoms with van der Waals surface area (Å²) >= 11 is 0. The summed E-state index contributed by atoms with van der Waals surface area (Å²) in [5.74, 6) is -7.07. The lowest BCUT2D eigenvalue weighted by molar-refractivity contribution is -0.303. The van der Waals surface area contributed by atoms with Gasteiger partial charge < -0.3 is 96.2 Å². The molecule has 2 amide bonds. The molecular formula is C53H79N3O20. The van der Waals surface area contributed by atoms with Crippen molar-refractivity contribution in [3.05, 3.63) is 96.2 Å². The van der Waals surface area contributed by atoms with Crippen LogP contribution >= 0.6 is 0 Å². The van der Waals surface area contributed by atoms with Gasteiger partial charge in [0.1, 0.15) is 12.2 Å². The number of aliphatic hydroxyl groups is 10. The van der Waals surface area contributed by atoms with E-state index in [1.807, 2.05) is 6.92 Å². The molecule has 426 valence electrons. The molecular weight excluding hydrogens is 999 g/mol. The van der Waals surface area contributed by atoms with Crippen LogP contribution in [-0.4, -0.2) is 207 Å². The number of fused-ring (bicyclic) bond motifs is 2. The van der Waals surface area contributed by atoms with Crippen molar-refractivity contribution in [3.8, 4) is 0 Å². The Kier molecular flexibility index (Phi) is 25.3.